The summed E-state index contributed by atoms with van der Waals surface area (Å²) in [5.74, 6) is 0.651. The quantitative estimate of drug-likeness (QED) is 0.335. The third kappa shape index (κ3) is 2.84. The molecule has 1 aliphatic heterocycles. The number of para-hydroxylation sites is 2. The topological polar surface area (TPSA) is 8.17 Å². The molecule has 4 aromatic rings. The first kappa shape index (κ1) is 20.2. The maximum atomic E-state index is 2.73. The van der Waals surface area contributed by atoms with Gasteiger partial charge in [0.25, 0.3) is 0 Å². The molecule has 2 heteroatoms. The summed E-state index contributed by atoms with van der Waals surface area (Å²) in [4.78, 5) is 2.73. The predicted octanol–water partition coefficient (Wildman–Crippen LogP) is 7.74. The standard InChI is InChI=1S/C29H34N2/c1-7-28-29(5,6)20(3)21(4)30(28)26-18-24-23-15-11-12-16-25(23)31(27(24)17-19(26)2)22-13-9-8-10-14-22/h8-18,20-21,28H,7H2,1-6H3/t20?,21-,28?/m0/s1. The summed E-state index contributed by atoms with van der Waals surface area (Å²) in [5.41, 5.74) is 6.85. The molecule has 0 radical (unpaired) electrons. The van der Waals surface area contributed by atoms with Gasteiger partial charge in [-0.2, -0.15) is 0 Å². The molecule has 2 unspecified atom stereocenters. The monoisotopic (exact) mass is 410 g/mol. The molecule has 2 nitrogen and oxygen atoms in total. The van der Waals surface area contributed by atoms with Crippen LogP contribution in [0.15, 0.2) is 66.7 Å². The zero-order chi connectivity index (χ0) is 21.9. The number of rotatable bonds is 3. The molecule has 0 N–H and O–H groups in total. The van der Waals surface area contributed by atoms with Crippen molar-refractivity contribution in [3.8, 4) is 5.69 Å². The maximum Gasteiger partial charge on any atom is 0.0545 e. The maximum absolute atomic E-state index is 2.73. The minimum absolute atomic E-state index is 0.299. The van der Waals surface area contributed by atoms with Crippen LogP contribution in [-0.4, -0.2) is 16.7 Å². The Hall–Kier alpha value is -2.74. The third-order valence-electron chi connectivity index (χ3n) is 8.20. The van der Waals surface area contributed by atoms with Crippen molar-refractivity contribution in [2.75, 3.05) is 4.90 Å². The van der Waals surface area contributed by atoms with Crippen LogP contribution < -0.4 is 4.90 Å². The number of benzene rings is 3. The molecule has 31 heavy (non-hydrogen) atoms. The molecule has 0 aliphatic carbocycles. The van der Waals surface area contributed by atoms with E-state index in [2.05, 4.69) is 118 Å². The van der Waals surface area contributed by atoms with Crippen molar-refractivity contribution in [1.82, 2.24) is 4.57 Å². The number of fused-ring (bicyclic) bond motifs is 3. The fraction of sp³-hybridized carbons (Fsp3) is 0.379. The van der Waals surface area contributed by atoms with Gasteiger partial charge in [-0.05, 0) is 67.5 Å². The van der Waals surface area contributed by atoms with Crippen molar-refractivity contribution < 1.29 is 0 Å². The first-order valence-corrected chi connectivity index (χ1v) is 11.7. The van der Waals surface area contributed by atoms with E-state index in [0.717, 1.165) is 0 Å². The zero-order valence-corrected chi connectivity index (χ0v) is 19.7. The summed E-state index contributed by atoms with van der Waals surface area (Å²) in [6.45, 7) is 14.4. The third-order valence-corrected chi connectivity index (χ3v) is 8.20. The van der Waals surface area contributed by atoms with Crippen molar-refractivity contribution in [1.29, 1.82) is 0 Å². The summed E-state index contributed by atoms with van der Waals surface area (Å²) in [6, 6.07) is 25.5. The lowest BCUT2D eigenvalue weighted by Crippen LogP contribution is -2.39. The van der Waals surface area contributed by atoms with E-state index in [9.17, 15) is 0 Å². The summed E-state index contributed by atoms with van der Waals surface area (Å²) in [6.07, 6.45) is 1.17. The molecule has 0 saturated carbocycles. The average molecular weight is 411 g/mol. The lowest BCUT2D eigenvalue weighted by atomic mass is 9.75. The molecule has 5 rings (SSSR count). The normalized spacial score (nSPS) is 23.2. The van der Waals surface area contributed by atoms with E-state index in [1.54, 1.807) is 0 Å². The Morgan fingerprint density at radius 3 is 2.23 bits per heavy atom. The SMILES string of the molecule is CCC1N(c2cc3c4ccccc4n(-c4ccccc4)c3cc2C)[C@@H](C)C(C)C1(C)C. The molecule has 3 atom stereocenters. The summed E-state index contributed by atoms with van der Waals surface area (Å²) in [5, 5.41) is 2.68. The minimum Gasteiger partial charge on any atom is -0.365 e. The average Bonchev–Trinajstić information content (AvgIpc) is 3.17. The van der Waals surface area contributed by atoms with Gasteiger partial charge in [-0.15, -0.1) is 0 Å². The van der Waals surface area contributed by atoms with E-state index in [1.807, 2.05) is 0 Å². The molecule has 1 aromatic heterocycles. The Morgan fingerprint density at radius 2 is 1.52 bits per heavy atom. The Balaban J connectivity index is 1.79. The van der Waals surface area contributed by atoms with Gasteiger partial charge < -0.3 is 9.47 Å². The second-order valence-electron chi connectivity index (χ2n) is 10.0. The van der Waals surface area contributed by atoms with Gasteiger partial charge in [0, 0.05) is 34.2 Å². The van der Waals surface area contributed by atoms with Crippen LogP contribution in [0.3, 0.4) is 0 Å². The van der Waals surface area contributed by atoms with Gasteiger partial charge in [-0.3, -0.25) is 0 Å². The van der Waals surface area contributed by atoms with E-state index >= 15 is 0 Å². The van der Waals surface area contributed by atoms with Crippen LogP contribution in [0.1, 0.15) is 46.6 Å². The highest BCUT2D eigenvalue weighted by molar-refractivity contribution is 6.10. The number of nitrogens with zero attached hydrogens (tertiary/aromatic N) is 2. The van der Waals surface area contributed by atoms with Crippen molar-refractivity contribution >= 4 is 27.5 Å². The lowest BCUT2D eigenvalue weighted by molar-refractivity contribution is 0.237. The molecule has 3 aromatic carbocycles. The molecule has 1 aliphatic rings. The van der Waals surface area contributed by atoms with E-state index < -0.39 is 0 Å². The molecule has 0 bridgehead atoms. The van der Waals surface area contributed by atoms with Gasteiger partial charge in [0.15, 0.2) is 0 Å². The van der Waals surface area contributed by atoms with E-state index in [4.69, 9.17) is 0 Å². The molecule has 1 saturated heterocycles. The second kappa shape index (κ2) is 7.15. The highest BCUT2D eigenvalue weighted by atomic mass is 15.2. The van der Waals surface area contributed by atoms with Crippen LogP contribution in [0.4, 0.5) is 5.69 Å². The molecular weight excluding hydrogens is 376 g/mol. The summed E-state index contributed by atoms with van der Waals surface area (Å²) < 4.78 is 2.42. The number of hydrogen-bond acceptors (Lipinski definition) is 1. The van der Waals surface area contributed by atoms with Crippen LogP contribution in [0, 0.1) is 18.3 Å². The van der Waals surface area contributed by atoms with Gasteiger partial charge in [-0.25, -0.2) is 0 Å². The van der Waals surface area contributed by atoms with Crippen molar-refractivity contribution in [3.63, 3.8) is 0 Å². The van der Waals surface area contributed by atoms with E-state index in [-0.39, 0.29) is 0 Å². The smallest absolute Gasteiger partial charge is 0.0545 e. The minimum atomic E-state index is 0.299. The van der Waals surface area contributed by atoms with Gasteiger partial charge >= 0.3 is 0 Å². The van der Waals surface area contributed by atoms with Gasteiger partial charge in [0.1, 0.15) is 0 Å². The van der Waals surface area contributed by atoms with Crippen LogP contribution in [0.25, 0.3) is 27.5 Å². The fourth-order valence-electron chi connectivity index (χ4n) is 6.16. The van der Waals surface area contributed by atoms with E-state index in [1.165, 1.54) is 45.2 Å². The highest BCUT2D eigenvalue weighted by Crippen LogP contribution is 2.49. The molecular formula is C29H34N2. The van der Waals surface area contributed by atoms with Crippen molar-refractivity contribution in [2.24, 2.45) is 11.3 Å². The number of aryl methyl sites for hydroxylation is 1. The first-order chi connectivity index (χ1) is 14.9. The van der Waals surface area contributed by atoms with Crippen LogP contribution >= 0.6 is 0 Å². The second-order valence-corrected chi connectivity index (χ2v) is 10.0. The molecule has 0 amide bonds. The number of aromatic nitrogens is 1. The fourth-order valence-corrected chi connectivity index (χ4v) is 6.16. The van der Waals surface area contributed by atoms with Gasteiger partial charge in [-0.1, -0.05) is 64.1 Å². The Bertz CT molecular complexity index is 1250. The van der Waals surface area contributed by atoms with Crippen LogP contribution in [0.5, 0.6) is 0 Å². The van der Waals surface area contributed by atoms with Gasteiger partial charge in [0.2, 0.25) is 0 Å². The molecule has 0 spiro atoms. The first-order valence-electron chi connectivity index (χ1n) is 11.7. The zero-order valence-electron chi connectivity index (χ0n) is 19.7. The van der Waals surface area contributed by atoms with Crippen LogP contribution in [-0.2, 0) is 0 Å². The van der Waals surface area contributed by atoms with Crippen LogP contribution in [0.2, 0.25) is 0 Å². The Morgan fingerprint density at radius 1 is 0.839 bits per heavy atom. The van der Waals surface area contributed by atoms with E-state index in [0.29, 0.717) is 23.4 Å². The number of anilines is 1. The predicted molar refractivity (Wildman–Crippen MR) is 134 cm³/mol. The molecule has 1 fully saturated rings. The summed E-state index contributed by atoms with van der Waals surface area (Å²) >= 11 is 0. The van der Waals surface area contributed by atoms with Crippen molar-refractivity contribution in [3.05, 3.63) is 72.3 Å². The lowest BCUT2D eigenvalue weighted by Gasteiger charge is -2.36. The molecule has 160 valence electrons. The highest BCUT2D eigenvalue weighted by Gasteiger charge is 2.49. The van der Waals surface area contributed by atoms with Gasteiger partial charge in [0.05, 0.1) is 11.0 Å². The number of hydrogen-bond donors (Lipinski definition) is 0. The Kier molecular flexibility index (Phi) is 4.66. The Labute approximate surface area is 186 Å². The molecule has 2 heterocycles. The largest absolute Gasteiger partial charge is 0.365 e. The summed E-state index contributed by atoms with van der Waals surface area (Å²) in [7, 11) is 0. The van der Waals surface area contributed by atoms with Crippen molar-refractivity contribution in [2.45, 2.75) is 60.0 Å².